The Labute approximate surface area is 186 Å². The van der Waals surface area contributed by atoms with Crippen LogP contribution in [0.5, 0.6) is 0 Å². The molecule has 5 nitrogen and oxygen atoms in total. The number of para-hydroxylation sites is 1. The molecule has 2 aromatic carbocycles. The first-order chi connectivity index (χ1) is 14.5. The molecule has 0 spiro atoms. The van der Waals surface area contributed by atoms with E-state index in [0.717, 1.165) is 12.0 Å². The largest absolute Gasteiger partial charge is 0.310 e. The second-order valence-corrected chi connectivity index (χ2v) is 8.33. The van der Waals surface area contributed by atoms with Crippen molar-refractivity contribution in [2.45, 2.75) is 19.8 Å². The first-order valence-corrected chi connectivity index (χ1v) is 10.8. The minimum absolute atomic E-state index is 0.156. The SMILES string of the molecule is CCc1ccc(C=C2SC(=S)N(CC(=O)N(CCC#N)c3ccccc3)C2=O)cc1. The summed E-state index contributed by atoms with van der Waals surface area (Å²) in [6.45, 7) is 2.19. The van der Waals surface area contributed by atoms with Crippen LogP contribution in [0.2, 0.25) is 0 Å². The van der Waals surface area contributed by atoms with Gasteiger partial charge < -0.3 is 4.90 Å². The second kappa shape index (κ2) is 10.2. The smallest absolute Gasteiger partial charge is 0.266 e. The third-order valence-corrected chi connectivity index (χ3v) is 6.05. The summed E-state index contributed by atoms with van der Waals surface area (Å²) >= 11 is 6.56. The number of rotatable bonds is 7. The van der Waals surface area contributed by atoms with Crippen LogP contribution in [-0.4, -0.2) is 34.1 Å². The molecule has 0 aliphatic carbocycles. The van der Waals surface area contributed by atoms with Crippen LogP contribution >= 0.6 is 24.0 Å². The molecule has 0 atom stereocenters. The van der Waals surface area contributed by atoms with Crippen molar-refractivity contribution >= 4 is 51.9 Å². The van der Waals surface area contributed by atoms with Crippen molar-refractivity contribution in [3.63, 3.8) is 0 Å². The zero-order valence-corrected chi connectivity index (χ0v) is 18.2. The Balaban J connectivity index is 1.75. The molecule has 0 unspecified atom stereocenters. The topological polar surface area (TPSA) is 64.4 Å². The van der Waals surface area contributed by atoms with Crippen molar-refractivity contribution in [3.8, 4) is 6.07 Å². The summed E-state index contributed by atoms with van der Waals surface area (Å²) in [5, 5.41) is 8.94. The number of carbonyl (C=O) groups is 2. The number of hydrogen-bond donors (Lipinski definition) is 0. The highest BCUT2D eigenvalue weighted by Crippen LogP contribution is 2.32. The van der Waals surface area contributed by atoms with Gasteiger partial charge in [0.2, 0.25) is 5.91 Å². The van der Waals surface area contributed by atoms with E-state index in [0.29, 0.717) is 14.9 Å². The summed E-state index contributed by atoms with van der Waals surface area (Å²) in [7, 11) is 0. The maximum atomic E-state index is 13.0. The molecular formula is C23H21N3O2S2. The number of benzene rings is 2. The van der Waals surface area contributed by atoms with Gasteiger partial charge >= 0.3 is 0 Å². The highest BCUT2D eigenvalue weighted by molar-refractivity contribution is 8.26. The van der Waals surface area contributed by atoms with Crippen LogP contribution in [0.15, 0.2) is 59.5 Å². The van der Waals surface area contributed by atoms with Gasteiger partial charge in [-0.15, -0.1) is 0 Å². The Hall–Kier alpha value is -2.95. The second-order valence-electron chi connectivity index (χ2n) is 6.65. The number of thiocarbonyl (C=S) groups is 1. The summed E-state index contributed by atoms with van der Waals surface area (Å²) in [5.41, 5.74) is 2.83. The lowest BCUT2D eigenvalue weighted by atomic mass is 10.1. The molecule has 1 heterocycles. The highest BCUT2D eigenvalue weighted by atomic mass is 32.2. The lowest BCUT2D eigenvalue weighted by Crippen LogP contribution is -2.42. The molecular weight excluding hydrogens is 414 g/mol. The molecule has 2 amide bonds. The standard InChI is InChI=1S/C23H21N3O2S2/c1-2-17-9-11-18(12-10-17)15-20-22(28)26(23(29)30-20)16-21(27)25(14-6-13-24)19-7-4-3-5-8-19/h3-5,7-12,15H,2,6,14,16H2,1H3. The van der Waals surface area contributed by atoms with Gasteiger partial charge in [0, 0.05) is 12.2 Å². The fourth-order valence-corrected chi connectivity index (χ4v) is 4.28. The first kappa shape index (κ1) is 21.8. The van der Waals surface area contributed by atoms with Gasteiger partial charge in [0.05, 0.1) is 17.4 Å². The van der Waals surface area contributed by atoms with Gasteiger partial charge in [-0.05, 0) is 35.8 Å². The zero-order chi connectivity index (χ0) is 21.5. The van der Waals surface area contributed by atoms with Gasteiger partial charge in [0.15, 0.2) is 0 Å². The fraction of sp³-hybridized carbons (Fsp3) is 0.217. The predicted octanol–water partition coefficient (Wildman–Crippen LogP) is 4.40. The number of hydrogen-bond acceptors (Lipinski definition) is 5. The van der Waals surface area contributed by atoms with E-state index in [9.17, 15) is 9.59 Å². The molecule has 30 heavy (non-hydrogen) atoms. The van der Waals surface area contributed by atoms with Gasteiger partial charge in [0.25, 0.3) is 5.91 Å². The average Bonchev–Trinajstić information content (AvgIpc) is 3.02. The third-order valence-electron chi connectivity index (χ3n) is 4.67. The summed E-state index contributed by atoms with van der Waals surface area (Å²) in [5.74, 6) is -0.549. The van der Waals surface area contributed by atoms with Gasteiger partial charge in [0.1, 0.15) is 10.9 Å². The quantitative estimate of drug-likeness (QED) is 0.477. The van der Waals surface area contributed by atoms with Crippen LogP contribution in [0, 0.1) is 11.3 Å². The minimum Gasteiger partial charge on any atom is -0.310 e. The number of nitrogens with zero attached hydrogens (tertiary/aromatic N) is 3. The van der Waals surface area contributed by atoms with Crippen LogP contribution in [-0.2, 0) is 16.0 Å². The number of anilines is 1. The summed E-state index contributed by atoms with van der Waals surface area (Å²) < 4.78 is 0.359. The van der Waals surface area contributed by atoms with Crippen LogP contribution in [0.25, 0.3) is 6.08 Å². The van der Waals surface area contributed by atoms with E-state index in [1.807, 2.05) is 42.5 Å². The van der Waals surface area contributed by atoms with Gasteiger partial charge in [-0.2, -0.15) is 5.26 Å². The normalized spacial score (nSPS) is 14.8. The van der Waals surface area contributed by atoms with Gasteiger partial charge in [-0.25, -0.2) is 0 Å². The van der Waals surface area contributed by atoms with E-state index in [1.54, 1.807) is 18.2 Å². The van der Waals surface area contributed by atoms with E-state index in [1.165, 1.54) is 27.1 Å². The number of amides is 2. The lowest BCUT2D eigenvalue weighted by Gasteiger charge is -2.24. The van der Waals surface area contributed by atoms with Crippen molar-refractivity contribution in [1.82, 2.24) is 4.90 Å². The molecule has 0 radical (unpaired) electrons. The number of aryl methyl sites for hydroxylation is 1. The molecule has 7 heteroatoms. The molecule has 1 saturated heterocycles. The molecule has 0 saturated carbocycles. The van der Waals surface area contributed by atoms with E-state index >= 15 is 0 Å². The maximum Gasteiger partial charge on any atom is 0.266 e. The summed E-state index contributed by atoms with van der Waals surface area (Å²) in [4.78, 5) is 29.2. The number of thioether (sulfide) groups is 1. The predicted molar refractivity (Wildman–Crippen MR) is 125 cm³/mol. The Morgan fingerprint density at radius 2 is 1.90 bits per heavy atom. The van der Waals surface area contributed by atoms with E-state index in [-0.39, 0.29) is 31.3 Å². The molecule has 0 N–H and O–H groups in total. The molecule has 2 aromatic rings. The molecule has 1 aliphatic rings. The van der Waals surface area contributed by atoms with Crippen LogP contribution in [0.4, 0.5) is 5.69 Å². The number of carbonyl (C=O) groups excluding carboxylic acids is 2. The molecule has 3 rings (SSSR count). The first-order valence-electron chi connectivity index (χ1n) is 9.60. The molecule has 0 bridgehead atoms. The van der Waals surface area contributed by atoms with Crippen molar-refractivity contribution < 1.29 is 9.59 Å². The van der Waals surface area contributed by atoms with Gasteiger partial charge in [-0.3, -0.25) is 14.5 Å². The minimum atomic E-state index is -0.277. The molecule has 1 fully saturated rings. The molecule has 0 aromatic heterocycles. The van der Waals surface area contributed by atoms with Crippen molar-refractivity contribution in [2.24, 2.45) is 0 Å². The summed E-state index contributed by atoms with van der Waals surface area (Å²) in [6.07, 6.45) is 2.95. The Morgan fingerprint density at radius 3 is 2.53 bits per heavy atom. The molecule has 1 aliphatic heterocycles. The summed E-state index contributed by atoms with van der Waals surface area (Å²) in [6, 6.07) is 19.2. The number of nitriles is 1. The van der Waals surface area contributed by atoms with E-state index in [4.69, 9.17) is 17.5 Å². The van der Waals surface area contributed by atoms with Crippen molar-refractivity contribution in [1.29, 1.82) is 5.26 Å². The fourth-order valence-electron chi connectivity index (χ4n) is 3.03. The Kier molecular flexibility index (Phi) is 7.39. The van der Waals surface area contributed by atoms with Crippen molar-refractivity contribution in [3.05, 3.63) is 70.6 Å². The lowest BCUT2D eigenvalue weighted by molar-refractivity contribution is -0.127. The molecule has 152 valence electrons. The maximum absolute atomic E-state index is 13.0. The highest BCUT2D eigenvalue weighted by Gasteiger charge is 2.34. The van der Waals surface area contributed by atoms with Crippen LogP contribution in [0.1, 0.15) is 24.5 Å². The van der Waals surface area contributed by atoms with Crippen LogP contribution in [0.3, 0.4) is 0 Å². The third kappa shape index (κ3) is 5.15. The van der Waals surface area contributed by atoms with E-state index < -0.39 is 0 Å². The Bertz CT molecular complexity index is 1010. The van der Waals surface area contributed by atoms with Crippen molar-refractivity contribution in [2.75, 3.05) is 18.0 Å². The monoisotopic (exact) mass is 435 g/mol. The Morgan fingerprint density at radius 1 is 1.20 bits per heavy atom. The van der Waals surface area contributed by atoms with Crippen LogP contribution < -0.4 is 4.90 Å². The van der Waals surface area contributed by atoms with Gasteiger partial charge in [-0.1, -0.05) is 73.4 Å². The average molecular weight is 436 g/mol. The van der Waals surface area contributed by atoms with E-state index in [2.05, 4.69) is 13.0 Å². The zero-order valence-electron chi connectivity index (χ0n) is 16.6.